The van der Waals surface area contributed by atoms with Crippen LogP contribution in [0, 0.1) is 15.5 Å². The van der Waals surface area contributed by atoms with Gasteiger partial charge in [-0.05, 0) is 36.3 Å². The van der Waals surface area contributed by atoms with Gasteiger partial charge in [-0.25, -0.2) is 0 Å². The molecule has 19 heavy (non-hydrogen) atoms. The molecule has 0 radical (unpaired) electrons. The third kappa shape index (κ3) is 2.63. The van der Waals surface area contributed by atoms with E-state index in [9.17, 15) is 10.1 Å². The summed E-state index contributed by atoms with van der Waals surface area (Å²) in [6, 6.07) is 7.57. The molecule has 4 heteroatoms. The van der Waals surface area contributed by atoms with Gasteiger partial charge in [0.15, 0.2) is 0 Å². The number of non-ortho nitro benzene ring substituents is 1. The van der Waals surface area contributed by atoms with Gasteiger partial charge in [-0.15, -0.1) is 0 Å². The highest BCUT2D eigenvalue weighted by Crippen LogP contribution is 2.52. The number of rotatable bonds is 5. The van der Waals surface area contributed by atoms with E-state index in [4.69, 9.17) is 0 Å². The summed E-state index contributed by atoms with van der Waals surface area (Å²) in [5.41, 5.74) is 1.59. The topological polar surface area (TPSA) is 55.2 Å². The molecule has 0 spiro atoms. The van der Waals surface area contributed by atoms with E-state index in [1.165, 1.54) is 5.56 Å². The van der Waals surface area contributed by atoms with Gasteiger partial charge in [0.25, 0.3) is 5.69 Å². The van der Waals surface area contributed by atoms with E-state index in [0.29, 0.717) is 12.0 Å². The molecule has 1 aliphatic rings. The maximum absolute atomic E-state index is 10.7. The van der Waals surface area contributed by atoms with E-state index in [2.05, 4.69) is 26.1 Å². The van der Waals surface area contributed by atoms with Crippen LogP contribution in [-0.2, 0) is 0 Å². The number of benzene rings is 1. The quantitative estimate of drug-likeness (QED) is 0.653. The minimum absolute atomic E-state index is 0.168. The largest absolute Gasteiger partial charge is 0.313 e. The van der Waals surface area contributed by atoms with Crippen molar-refractivity contribution in [1.29, 1.82) is 0 Å². The second-order valence-corrected chi connectivity index (χ2v) is 5.97. The minimum atomic E-state index is -0.346. The predicted molar refractivity (Wildman–Crippen MR) is 76.3 cm³/mol. The Morgan fingerprint density at radius 2 is 2.00 bits per heavy atom. The smallest absolute Gasteiger partial charge is 0.269 e. The molecule has 104 valence electrons. The highest BCUT2D eigenvalue weighted by Gasteiger charge is 2.48. The van der Waals surface area contributed by atoms with Crippen molar-refractivity contribution in [3.63, 3.8) is 0 Å². The maximum atomic E-state index is 10.7. The molecule has 2 rings (SSSR count). The predicted octanol–water partition coefficient (Wildman–Crippen LogP) is 3.48. The molecule has 0 aromatic heterocycles. The average molecular weight is 262 g/mol. The van der Waals surface area contributed by atoms with Crippen LogP contribution in [-0.4, -0.2) is 17.5 Å². The summed E-state index contributed by atoms with van der Waals surface area (Å²) in [4.78, 5) is 10.3. The van der Waals surface area contributed by atoms with Crippen LogP contribution in [0.25, 0.3) is 0 Å². The summed E-state index contributed by atoms with van der Waals surface area (Å²) in [6.07, 6.45) is 2.26. The second-order valence-electron chi connectivity index (χ2n) is 5.97. The molecule has 1 saturated carbocycles. The van der Waals surface area contributed by atoms with E-state index in [1.54, 1.807) is 12.1 Å². The van der Waals surface area contributed by atoms with Crippen molar-refractivity contribution < 1.29 is 4.92 Å². The Balaban J connectivity index is 2.06. The molecule has 1 fully saturated rings. The summed E-state index contributed by atoms with van der Waals surface area (Å²) in [6.45, 7) is 7.78. The fourth-order valence-corrected chi connectivity index (χ4v) is 2.98. The molecular weight excluding hydrogens is 240 g/mol. The SMILES string of the molecule is CCCNC1CC(c2ccc([N+](=O)[O-])cc2)C1(C)C. The van der Waals surface area contributed by atoms with Gasteiger partial charge < -0.3 is 5.32 Å². The number of nitrogens with zero attached hydrogens (tertiary/aromatic N) is 1. The molecule has 0 heterocycles. The Morgan fingerprint density at radius 1 is 1.37 bits per heavy atom. The highest BCUT2D eigenvalue weighted by molar-refractivity contribution is 5.36. The van der Waals surface area contributed by atoms with E-state index in [0.717, 1.165) is 19.4 Å². The summed E-state index contributed by atoms with van der Waals surface area (Å²) in [7, 11) is 0. The van der Waals surface area contributed by atoms with E-state index in [-0.39, 0.29) is 16.0 Å². The summed E-state index contributed by atoms with van der Waals surface area (Å²) >= 11 is 0. The Bertz CT molecular complexity index is 454. The number of nitro benzene ring substituents is 1. The molecule has 2 atom stereocenters. The molecule has 0 aliphatic heterocycles. The third-order valence-corrected chi connectivity index (χ3v) is 4.41. The standard InChI is InChI=1S/C15H22N2O2/c1-4-9-16-14-10-13(15(14,2)3)11-5-7-12(8-6-11)17(18)19/h5-8,13-14,16H,4,9-10H2,1-3H3. The zero-order valence-corrected chi connectivity index (χ0v) is 11.8. The Kier molecular flexibility index (Phi) is 3.90. The lowest BCUT2D eigenvalue weighted by Gasteiger charge is -2.53. The van der Waals surface area contributed by atoms with Gasteiger partial charge in [0, 0.05) is 18.2 Å². The fraction of sp³-hybridized carbons (Fsp3) is 0.600. The van der Waals surface area contributed by atoms with Crippen molar-refractivity contribution in [3.05, 3.63) is 39.9 Å². The number of hydrogen-bond acceptors (Lipinski definition) is 3. The van der Waals surface area contributed by atoms with Crippen LogP contribution in [0.15, 0.2) is 24.3 Å². The second kappa shape index (κ2) is 5.29. The Hall–Kier alpha value is -1.42. The molecule has 4 nitrogen and oxygen atoms in total. The Morgan fingerprint density at radius 3 is 2.47 bits per heavy atom. The monoisotopic (exact) mass is 262 g/mol. The average Bonchev–Trinajstić information content (AvgIpc) is 2.38. The van der Waals surface area contributed by atoms with Gasteiger partial charge in [0.1, 0.15) is 0 Å². The molecular formula is C15H22N2O2. The number of nitro groups is 1. The fourth-order valence-electron chi connectivity index (χ4n) is 2.98. The molecule has 2 unspecified atom stereocenters. The van der Waals surface area contributed by atoms with Crippen molar-refractivity contribution in [1.82, 2.24) is 5.32 Å². The number of hydrogen-bond donors (Lipinski definition) is 1. The minimum Gasteiger partial charge on any atom is -0.313 e. The molecule has 1 N–H and O–H groups in total. The van der Waals surface area contributed by atoms with Crippen LogP contribution in [0.3, 0.4) is 0 Å². The lowest BCUT2D eigenvalue weighted by Crippen LogP contribution is -2.55. The summed E-state index contributed by atoms with van der Waals surface area (Å²) in [5.74, 6) is 0.489. The zero-order valence-electron chi connectivity index (χ0n) is 11.8. The normalized spacial score (nSPS) is 24.8. The van der Waals surface area contributed by atoms with Gasteiger partial charge in [-0.3, -0.25) is 10.1 Å². The number of nitrogens with one attached hydrogen (secondary N) is 1. The first-order valence-electron chi connectivity index (χ1n) is 6.94. The van der Waals surface area contributed by atoms with Crippen LogP contribution in [0.4, 0.5) is 5.69 Å². The van der Waals surface area contributed by atoms with E-state index < -0.39 is 0 Å². The van der Waals surface area contributed by atoms with Gasteiger partial charge >= 0.3 is 0 Å². The van der Waals surface area contributed by atoms with Crippen LogP contribution in [0.5, 0.6) is 0 Å². The van der Waals surface area contributed by atoms with Gasteiger partial charge in [-0.2, -0.15) is 0 Å². The first-order valence-corrected chi connectivity index (χ1v) is 6.94. The van der Waals surface area contributed by atoms with Gasteiger partial charge in [0.2, 0.25) is 0 Å². The van der Waals surface area contributed by atoms with Crippen LogP contribution in [0.2, 0.25) is 0 Å². The maximum Gasteiger partial charge on any atom is 0.269 e. The van der Waals surface area contributed by atoms with Gasteiger partial charge in [-0.1, -0.05) is 32.9 Å². The molecule has 1 aromatic rings. The Labute approximate surface area is 114 Å². The molecule has 1 aromatic carbocycles. The third-order valence-electron chi connectivity index (χ3n) is 4.41. The van der Waals surface area contributed by atoms with Gasteiger partial charge in [0.05, 0.1) is 4.92 Å². The van der Waals surface area contributed by atoms with Crippen LogP contribution >= 0.6 is 0 Å². The van der Waals surface area contributed by atoms with Crippen LogP contribution in [0.1, 0.15) is 45.1 Å². The molecule has 0 amide bonds. The van der Waals surface area contributed by atoms with Crippen molar-refractivity contribution in [2.75, 3.05) is 6.54 Å². The molecule has 0 saturated heterocycles. The first kappa shape index (κ1) is 14.0. The van der Waals surface area contributed by atoms with E-state index >= 15 is 0 Å². The summed E-state index contributed by atoms with van der Waals surface area (Å²) in [5, 5.41) is 14.2. The summed E-state index contributed by atoms with van der Waals surface area (Å²) < 4.78 is 0. The van der Waals surface area contributed by atoms with Crippen LogP contribution < -0.4 is 5.32 Å². The van der Waals surface area contributed by atoms with Crippen molar-refractivity contribution >= 4 is 5.69 Å². The lowest BCUT2D eigenvalue weighted by molar-refractivity contribution is -0.384. The first-order chi connectivity index (χ1) is 8.96. The van der Waals surface area contributed by atoms with Crippen molar-refractivity contribution in [2.45, 2.75) is 45.6 Å². The lowest BCUT2D eigenvalue weighted by atomic mass is 9.56. The van der Waals surface area contributed by atoms with Crippen molar-refractivity contribution in [2.24, 2.45) is 5.41 Å². The highest BCUT2D eigenvalue weighted by atomic mass is 16.6. The van der Waals surface area contributed by atoms with Crippen molar-refractivity contribution in [3.8, 4) is 0 Å². The zero-order chi connectivity index (χ0) is 14.0. The molecule has 0 bridgehead atoms. The molecule has 1 aliphatic carbocycles. The van der Waals surface area contributed by atoms with E-state index in [1.807, 2.05) is 12.1 Å².